The molecule has 0 fully saturated rings. The Hall–Kier alpha value is -3.82. The van der Waals surface area contributed by atoms with Crippen molar-refractivity contribution in [3.05, 3.63) is 64.8 Å². The van der Waals surface area contributed by atoms with Gasteiger partial charge in [0.2, 0.25) is 17.6 Å². The fourth-order valence-electron chi connectivity index (χ4n) is 2.39. The van der Waals surface area contributed by atoms with Gasteiger partial charge in [-0.15, -0.1) is 0 Å². The number of carbonyl (C=O) groups is 1. The van der Waals surface area contributed by atoms with Crippen LogP contribution in [0.25, 0.3) is 11.4 Å². The standard InChI is InChI=1S/C18H18N6O4/c25-16(21-12-11-20-14-1-3-15(4-2-14)24(26)27)5-6-17-22-18(23-28-17)13-7-9-19-10-8-13/h1-4,7-10,20H,5-6,11-12H2,(H,21,25). The zero-order chi connectivity index (χ0) is 19.8. The van der Waals surface area contributed by atoms with Crippen LogP contribution in [0.3, 0.4) is 0 Å². The molecular weight excluding hydrogens is 364 g/mol. The first-order valence-corrected chi connectivity index (χ1v) is 8.60. The van der Waals surface area contributed by atoms with Crippen LogP contribution < -0.4 is 10.6 Å². The van der Waals surface area contributed by atoms with Crippen LogP contribution in [0.5, 0.6) is 0 Å². The van der Waals surface area contributed by atoms with E-state index in [-0.39, 0.29) is 18.0 Å². The van der Waals surface area contributed by atoms with Crippen LogP contribution in [-0.4, -0.2) is 39.0 Å². The summed E-state index contributed by atoms with van der Waals surface area (Å²) in [5.74, 6) is 0.727. The molecular formula is C18H18N6O4. The van der Waals surface area contributed by atoms with E-state index in [1.54, 1.807) is 36.7 Å². The molecule has 10 heteroatoms. The molecule has 1 aromatic carbocycles. The Bertz CT molecular complexity index is 927. The number of nitro groups is 1. The number of hydrogen-bond donors (Lipinski definition) is 2. The van der Waals surface area contributed by atoms with Gasteiger partial charge in [-0.25, -0.2) is 0 Å². The summed E-state index contributed by atoms with van der Waals surface area (Å²) in [6, 6.07) is 9.64. The quantitative estimate of drug-likeness (QED) is 0.326. The van der Waals surface area contributed by atoms with Crippen molar-refractivity contribution in [1.29, 1.82) is 0 Å². The average molecular weight is 382 g/mol. The summed E-state index contributed by atoms with van der Waals surface area (Å²) in [5, 5.41) is 20.4. The van der Waals surface area contributed by atoms with Crippen molar-refractivity contribution in [1.82, 2.24) is 20.4 Å². The monoisotopic (exact) mass is 382 g/mol. The molecule has 10 nitrogen and oxygen atoms in total. The second-order valence-electron chi connectivity index (χ2n) is 5.83. The van der Waals surface area contributed by atoms with Gasteiger partial charge in [0.1, 0.15) is 0 Å². The fourth-order valence-corrected chi connectivity index (χ4v) is 2.39. The van der Waals surface area contributed by atoms with E-state index in [0.717, 1.165) is 11.3 Å². The number of anilines is 1. The number of amides is 1. The Morgan fingerprint density at radius 2 is 1.86 bits per heavy atom. The Kier molecular flexibility index (Phi) is 6.24. The number of nitrogens with zero attached hydrogens (tertiary/aromatic N) is 4. The number of pyridine rings is 1. The topological polar surface area (TPSA) is 136 Å². The van der Waals surface area contributed by atoms with E-state index in [0.29, 0.717) is 31.2 Å². The van der Waals surface area contributed by atoms with Gasteiger partial charge in [-0.3, -0.25) is 19.9 Å². The van der Waals surface area contributed by atoms with E-state index in [4.69, 9.17) is 4.52 Å². The molecule has 0 atom stereocenters. The van der Waals surface area contributed by atoms with Crippen LogP contribution in [0.2, 0.25) is 0 Å². The minimum Gasteiger partial charge on any atom is -0.383 e. The van der Waals surface area contributed by atoms with Crippen molar-refractivity contribution in [2.24, 2.45) is 0 Å². The molecule has 3 rings (SSSR count). The van der Waals surface area contributed by atoms with E-state index in [1.165, 1.54) is 12.1 Å². The molecule has 0 saturated carbocycles. The van der Waals surface area contributed by atoms with Crippen molar-refractivity contribution in [2.75, 3.05) is 18.4 Å². The number of hydrogen-bond acceptors (Lipinski definition) is 8. The number of aromatic nitrogens is 3. The van der Waals surface area contributed by atoms with Crippen molar-refractivity contribution in [3.63, 3.8) is 0 Å². The Labute approximate surface area is 160 Å². The zero-order valence-corrected chi connectivity index (χ0v) is 14.9. The van der Waals surface area contributed by atoms with E-state index in [2.05, 4.69) is 25.8 Å². The van der Waals surface area contributed by atoms with Crippen molar-refractivity contribution >= 4 is 17.3 Å². The number of aryl methyl sites for hydroxylation is 1. The maximum atomic E-state index is 11.9. The first-order chi connectivity index (χ1) is 13.6. The normalized spacial score (nSPS) is 10.4. The maximum Gasteiger partial charge on any atom is 0.269 e. The van der Waals surface area contributed by atoms with Crippen molar-refractivity contribution < 1.29 is 14.2 Å². The average Bonchev–Trinajstić information content (AvgIpc) is 3.20. The van der Waals surface area contributed by atoms with Gasteiger partial charge in [0.05, 0.1) is 4.92 Å². The first-order valence-electron chi connectivity index (χ1n) is 8.60. The SMILES string of the molecule is O=C(CCc1nc(-c2ccncc2)no1)NCCNc1ccc([N+](=O)[O-])cc1. The predicted octanol–water partition coefficient (Wildman–Crippen LogP) is 2.20. The first kappa shape index (κ1) is 19.0. The van der Waals surface area contributed by atoms with E-state index in [1.807, 2.05) is 0 Å². The van der Waals surface area contributed by atoms with Gasteiger partial charge in [-0.1, -0.05) is 5.16 Å². The highest BCUT2D eigenvalue weighted by atomic mass is 16.6. The molecule has 0 unspecified atom stereocenters. The second kappa shape index (κ2) is 9.21. The number of nitrogens with one attached hydrogen (secondary N) is 2. The Balaban J connectivity index is 1.36. The lowest BCUT2D eigenvalue weighted by molar-refractivity contribution is -0.384. The molecule has 0 bridgehead atoms. The van der Waals surface area contributed by atoms with Gasteiger partial charge in [-0.2, -0.15) is 4.98 Å². The van der Waals surface area contributed by atoms with Crippen molar-refractivity contribution in [2.45, 2.75) is 12.8 Å². The third-order valence-electron chi connectivity index (χ3n) is 3.83. The lowest BCUT2D eigenvalue weighted by Crippen LogP contribution is -2.28. The van der Waals surface area contributed by atoms with Gasteiger partial charge >= 0.3 is 0 Å². The summed E-state index contributed by atoms with van der Waals surface area (Å²) in [5.41, 5.74) is 1.58. The minimum atomic E-state index is -0.451. The molecule has 0 aliphatic carbocycles. The number of rotatable bonds is 9. The van der Waals surface area contributed by atoms with Crippen LogP contribution in [0.15, 0.2) is 53.3 Å². The molecule has 0 spiro atoms. The minimum absolute atomic E-state index is 0.0342. The molecule has 28 heavy (non-hydrogen) atoms. The van der Waals surface area contributed by atoms with E-state index in [9.17, 15) is 14.9 Å². The fraction of sp³-hybridized carbons (Fsp3) is 0.222. The third kappa shape index (κ3) is 5.34. The summed E-state index contributed by atoms with van der Waals surface area (Å²) in [6.07, 6.45) is 3.86. The number of non-ortho nitro benzene ring substituents is 1. The molecule has 2 N–H and O–H groups in total. The largest absolute Gasteiger partial charge is 0.383 e. The lowest BCUT2D eigenvalue weighted by atomic mass is 10.2. The Morgan fingerprint density at radius 3 is 2.57 bits per heavy atom. The molecule has 0 aliphatic rings. The van der Waals surface area contributed by atoms with Crippen LogP contribution in [0, 0.1) is 10.1 Å². The van der Waals surface area contributed by atoms with E-state index >= 15 is 0 Å². The summed E-state index contributed by atoms with van der Waals surface area (Å²) in [4.78, 5) is 30.3. The number of benzene rings is 1. The lowest BCUT2D eigenvalue weighted by Gasteiger charge is -2.07. The number of nitro benzene ring substituents is 1. The summed E-state index contributed by atoms with van der Waals surface area (Å²) in [7, 11) is 0. The Morgan fingerprint density at radius 1 is 1.11 bits per heavy atom. The number of carbonyl (C=O) groups excluding carboxylic acids is 1. The van der Waals surface area contributed by atoms with Crippen LogP contribution in [-0.2, 0) is 11.2 Å². The maximum absolute atomic E-state index is 11.9. The molecule has 0 aliphatic heterocycles. The highest BCUT2D eigenvalue weighted by Crippen LogP contribution is 2.15. The molecule has 1 amide bonds. The molecule has 3 aromatic rings. The molecule has 0 radical (unpaired) electrons. The second-order valence-corrected chi connectivity index (χ2v) is 5.83. The molecule has 2 heterocycles. The van der Waals surface area contributed by atoms with Crippen LogP contribution in [0.4, 0.5) is 11.4 Å². The highest BCUT2D eigenvalue weighted by Gasteiger charge is 2.10. The summed E-state index contributed by atoms with van der Waals surface area (Å²) in [6.45, 7) is 0.915. The molecule has 144 valence electrons. The van der Waals surface area contributed by atoms with Gasteiger partial charge in [-0.05, 0) is 24.3 Å². The molecule has 2 aromatic heterocycles. The van der Waals surface area contributed by atoms with Crippen LogP contribution >= 0.6 is 0 Å². The zero-order valence-electron chi connectivity index (χ0n) is 14.9. The third-order valence-corrected chi connectivity index (χ3v) is 3.83. The van der Waals surface area contributed by atoms with Gasteiger partial charge in [0.25, 0.3) is 5.69 Å². The van der Waals surface area contributed by atoms with Gasteiger partial charge in [0, 0.05) is 61.7 Å². The highest BCUT2D eigenvalue weighted by molar-refractivity contribution is 5.76. The smallest absolute Gasteiger partial charge is 0.269 e. The summed E-state index contributed by atoms with van der Waals surface area (Å²) >= 11 is 0. The van der Waals surface area contributed by atoms with Crippen molar-refractivity contribution in [3.8, 4) is 11.4 Å². The van der Waals surface area contributed by atoms with Gasteiger partial charge < -0.3 is 15.2 Å². The summed E-state index contributed by atoms with van der Waals surface area (Å²) < 4.78 is 5.16. The van der Waals surface area contributed by atoms with Crippen LogP contribution in [0.1, 0.15) is 12.3 Å². The predicted molar refractivity (Wildman–Crippen MR) is 100 cm³/mol. The van der Waals surface area contributed by atoms with E-state index < -0.39 is 4.92 Å². The van der Waals surface area contributed by atoms with Gasteiger partial charge in [0.15, 0.2) is 0 Å². The molecule has 0 saturated heterocycles.